The van der Waals surface area contributed by atoms with Crippen LogP contribution in [0.1, 0.15) is 29.8 Å². The molecule has 0 bridgehead atoms. The van der Waals surface area contributed by atoms with Gasteiger partial charge < -0.3 is 10.7 Å². The number of hydrogen-bond donors (Lipinski definition) is 3. The highest BCUT2D eigenvalue weighted by molar-refractivity contribution is 7.11. The van der Waals surface area contributed by atoms with Crippen molar-refractivity contribution >= 4 is 28.7 Å². The maximum atomic E-state index is 11.1. The second-order valence-corrected chi connectivity index (χ2v) is 5.50. The molecule has 9 heteroatoms. The Morgan fingerprint density at radius 2 is 2.29 bits per heavy atom. The molecule has 2 rings (SSSR count). The van der Waals surface area contributed by atoms with Crippen LogP contribution in [-0.4, -0.2) is 14.9 Å². The highest BCUT2D eigenvalue weighted by Crippen LogP contribution is 2.29. The van der Waals surface area contributed by atoms with Gasteiger partial charge in [-0.15, -0.1) is 11.3 Å². The molecular weight excluding hydrogens is 292 g/mol. The first kappa shape index (κ1) is 15.1. The molecular formula is C12H16N6O2S. The van der Waals surface area contributed by atoms with Crippen molar-refractivity contribution in [3.05, 3.63) is 38.3 Å². The molecule has 2 heterocycles. The molecule has 0 saturated carbocycles. The summed E-state index contributed by atoms with van der Waals surface area (Å²) in [7, 11) is 0. The zero-order valence-electron chi connectivity index (χ0n) is 11.7. The standard InChI is InChI=1S/C12H16N6O2S/c1-3-8-6-14-12(21-8)7(2)15-11-9(18(19)20)4-5-10(16-11)17-13/h4-7H,3,13H2,1-2H3,(H2,15,16,17). The van der Waals surface area contributed by atoms with E-state index >= 15 is 0 Å². The van der Waals surface area contributed by atoms with E-state index in [-0.39, 0.29) is 17.5 Å². The van der Waals surface area contributed by atoms with E-state index < -0.39 is 4.92 Å². The van der Waals surface area contributed by atoms with Gasteiger partial charge >= 0.3 is 5.69 Å². The van der Waals surface area contributed by atoms with Crippen molar-refractivity contribution in [3.63, 3.8) is 0 Å². The molecule has 21 heavy (non-hydrogen) atoms. The lowest BCUT2D eigenvalue weighted by Crippen LogP contribution is -2.13. The summed E-state index contributed by atoms with van der Waals surface area (Å²) in [6.45, 7) is 3.93. The molecule has 0 aliphatic rings. The third kappa shape index (κ3) is 3.44. The van der Waals surface area contributed by atoms with Gasteiger partial charge in [0.15, 0.2) is 0 Å². The van der Waals surface area contributed by atoms with Crippen LogP contribution in [0.25, 0.3) is 0 Å². The van der Waals surface area contributed by atoms with Gasteiger partial charge in [0.1, 0.15) is 10.8 Å². The zero-order chi connectivity index (χ0) is 15.4. The van der Waals surface area contributed by atoms with E-state index in [0.29, 0.717) is 5.82 Å². The lowest BCUT2D eigenvalue weighted by molar-refractivity contribution is -0.384. The number of nitrogens with zero attached hydrogens (tertiary/aromatic N) is 3. The molecule has 0 aromatic carbocycles. The molecule has 112 valence electrons. The number of nitro groups is 1. The van der Waals surface area contributed by atoms with Gasteiger partial charge in [0.25, 0.3) is 0 Å². The van der Waals surface area contributed by atoms with Crippen molar-refractivity contribution in [2.24, 2.45) is 5.84 Å². The average molecular weight is 308 g/mol. The van der Waals surface area contributed by atoms with E-state index in [1.165, 1.54) is 17.0 Å². The van der Waals surface area contributed by atoms with Gasteiger partial charge in [-0.1, -0.05) is 6.92 Å². The number of rotatable bonds is 6. The number of pyridine rings is 1. The first-order valence-corrected chi connectivity index (χ1v) is 7.20. The Labute approximate surface area is 125 Å². The van der Waals surface area contributed by atoms with Crippen LogP contribution in [0.3, 0.4) is 0 Å². The first-order valence-electron chi connectivity index (χ1n) is 6.38. The van der Waals surface area contributed by atoms with Gasteiger partial charge in [-0.3, -0.25) is 10.1 Å². The molecule has 0 amide bonds. The topological polar surface area (TPSA) is 119 Å². The molecule has 0 saturated heterocycles. The highest BCUT2D eigenvalue weighted by atomic mass is 32.1. The number of aryl methyl sites for hydroxylation is 1. The van der Waals surface area contributed by atoms with Crippen molar-refractivity contribution < 1.29 is 4.92 Å². The Kier molecular flexibility index (Phi) is 4.66. The predicted molar refractivity (Wildman–Crippen MR) is 82.2 cm³/mol. The van der Waals surface area contributed by atoms with E-state index in [4.69, 9.17) is 5.84 Å². The van der Waals surface area contributed by atoms with Gasteiger partial charge in [-0.2, -0.15) is 0 Å². The molecule has 0 fully saturated rings. The Balaban J connectivity index is 2.26. The predicted octanol–water partition coefficient (Wildman–Crippen LogP) is 2.47. The van der Waals surface area contributed by atoms with Crippen LogP contribution in [-0.2, 0) is 6.42 Å². The van der Waals surface area contributed by atoms with Crippen LogP contribution in [0, 0.1) is 10.1 Å². The molecule has 2 aromatic heterocycles. The number of nitrogens with two attached hydrogens (primary N) is 1. The normalized spacial score (nSPS) is 12.0. The van der Waals surface area contributed by atoms with E-state index in [1.54, 1.807) is 11.3 Å². The minimum atomic E-state index is -0.484. The molecule has 0 aliphatic heterocycles. The summed E-state index contributed by atoms with van der Waals surface area (Å²) in [6, 6.07) is 2.62. The maximum Gasteiger partial charge on any atom is 0.311 e. The molecule has 4 N–H and O–H groups in total. The lowest BCUT2D eigenvalue weighted by atomic mass is 10.3. The molecule has 1 atom stereocenters. The molecule has 8 nitrogen and oxygen atoms in total. The molecule has 0 spiro atoms. The van der Waals surface area contributed by atoms with Crippen LogP contribution in [0.4, 0.5) is 17.3 Å². The van der Waals surface area contributed by atoms with Crippen molar-refractivity contribution in [3.8, 4) is 0 Å². The number of hydrogen-bond acceptors (Lipinski definition) is 8. The number of anilines is 2. The summed E-state index contributed by atoms with van der Waals surface area (Å²) in [5.74, 6) is 5.80. The van der Waals surface area contributed by atoms with Crippen LogP contribution >= 0.6 is 11.3 Å². The monoisotopic (exact) mass is 308 g/mol. The Morgan fingerprint density at radius 1 is 1.52 bits per heavy atom. The summed E-state index contributed by atoms with van der Waals surface area (Å²) >= 11 is 1.57. The fraction of sp³-hybridized carbons (Fsp3) is 0.333. The van der Waals surface area contributed by atoms with Crippen LogP contribution in [0.5, 0.6) is 0 Å². The van der Waals surface area contributed by atoms with Crippen molar-refractivity contribution in [2.75, 3.05) is 10.7 Å². The quantitative estimate of drug-likeness (QED) is 0.426. The van der Waals surface area contributed by atoms with Gasteiger partial charge in [0, 0.05) is 17.1 Å². The summed E-state index contributed by atoms with van der Waals surface area (Å²) < 4.78 is 0. The molecule has 0 aliphatic carbocycles. The third-order valence-corrected chi connectivity index (χ3v) is 4.19. The third-order valence-electron chi connectivity index (χ3n) is 2.86. The lowest BCUT2D eigenvalue weighted by Gasteiger charge is -2.12. The Morgan fingerprint density at radius 3 is 2.86 bits per heavy atom. The van der Waals surface area contributed by atoms with Crippen LogP contribution < -0.4 is 16.6 Å². The van der Waals surface area contributed by atoms with E-state index in [1.807, 2.05) is 13.1 Å². The van der Waals surface area contributed by atoms with Crippen LogP contribution in [0.15, 0.2) is 18.3 Å². The minimum Gasteiger partial charge on any atom is -0.355 e. The maximum absolute atomic E-state index is 11.1. The average Bonchev–Trinajstić information content (AvgIpc) is 2.95. The summed E-state index contributed by atoms with van der Waals surface area (Å²) in [4.78, 5) is 20.1. The molecule has 1 unspecified atom stereocenters. The first-order chi connectivity index (χ1) is 10.0. The van der Waals surface area contributed by atoms with Crippen molar-refractivity contribution in [1.29, 1.82) is 0 Å². The molecule has 2 aromatic rings. The van der Waals surface area contributed by atoms with E-state index in [9.17, 15) is 10.1 Å². The number of nitrogen functional groups attached to an aromatic ring is 1. The van der Waals surface area contributed by atoms with Crippen molar-refractivity contribution in [1.82, 2.24) is 9.97 Å². The van der Waals surface area contributed by atoms with Gasteiger partial charge in [-0.25, -0.2) is 15.8 Å². The highest BCUT2D eigenvalue weighted by Gasteiger charge is 2.19. The zero-order valence-corrected chi connectivity index (χ0v) is 12.5. The Hall–Kier alpha value is -2.26. The smallest absolute Gasteiger partial charge is 0.311 e. The molecule has 0 radical (unpaired) electrons. The van der Waals surface area contributed by atoms with Crippen LogP contribution in [0.2, 0.25) is 0 Å². The Bertz CT molecular complexity index is 644. The largest absolute Gasteiger partial charge is 0.355 e. The van der Waals surface area contributed by atoms with E-state index in [2.05, 4.69) is 27.6 Å². The number of aromatic nitrogens is 2. The number of hydrazine groups is 1. The second kappa shape index (κ2) is 6.46. The summed E-state index contributed by atoms with van der Waals surface area (Å²) in [5, 5.41) is 14.9. The van der Waals surface area contributed by atoms with Gasteiger partial charge in [0.2, 0.25) is 5.82 Å². The summed E-state index contributed by atoms with van der Waals surface area (Å²) in [5.41, 5.74) is 2.27. The number of nitrogens with one attached hydrogen (secondary N) is 2. The van der Waals surface area contributed by atoms with Crippen molar-refractivity contribution in [2.45, 2.75) is 26.3 Å². The number of thiazole rings is 1. The summed E-state index contributed by atoms with van der Waals surface area (Å²) in [6.07, 6.45) is 2.73. The van der Waals surface area contributed by atoms with E-state index in [0.717, 1.165) is 11.4 Å². The van der Waals surface area contributed by atoms with Gasteiger partial charge in [0.05, 0.1) is 11.0 Å². The van der Waals surface area contributed by atoms with Gasteiger partial charge in [-0.05, 0) is 19.4 Å². The minimum absolute atomic E-state index is 0.104. The fourth-order valence-corrected chi connectivity index (χ4v) is 2.60. The SMILES string of the molecule is CCc1cnc(C(C)Nc2nc(NN)ccc2[N+](=O)[O-])s1. The second-order valence-electron chi connectivity index (χ2n) is 4.35. The fourth-order valence-electron chi connectivity index (χ4n) is 1.74.